The first-order valence-electron chi connectivity index (χ1n) is 5.35. The van der Waals surface area contributed by atoms with Crippen molar-refractivity contribution in [3.05, 3.63) is 53.1 Å². The molecular formula is C13H10ClFN2O2. The highest BCUT2D eigenvalue weighted by Crippen LogP contribution is 2.21. The van der Waals surface area contributed by atoms with E-state index in [4.69, 9.17) is 16.3 Å². The molecule has 19 heavy (non-hydrogen) atoms. The second-order valence-corrected chi connectivity index (χ2v) is 4.10. The van der Waals surface area contributed by atoms with Crippen LogP contribution in [0.1, 0.15) is 10.4 Å². The van der Waals surface area contributed by atoms with Gasteiger partial charge in [-0.15, -0.1) is 0 Å². The molecule has 0 spiro atoms. The summed E-state index contributed by atoms with van der Waals surface area (Å²) >= 11 is 5.88. The van der Waals surface area contributed by atoms with Gasteiger partial charge in [-0.2, -0.15) is 0 Å². The zero-order chi connectivity index (χ0) is 13.8. The molecule has 1 amide bonds. The van der Waals surface area contributed by atoms with E-state index < -0.39 is 11.7 Å². The highest BCUT2D eigenvalue weighted by atomic mass is 35.5. The summed E-state index contributed by atoms with van der Waals surface area (Å²) in [4.78, 5) is 15.8. The van der Waals surface area contributed by atoms with E-state index in [2.05, 4.69) is 10.3 Å². The molecule has 4 nitrogen and oxygen atoms in total. The molecular weight excluding hydrogens is 271 g/mol. The summed E-state index contributed by atoms with van der Waals surface area (Å²) in [5.41, 5.74) is 0.495. The number of carbonyl (C=O) groups excluding carboxylic acids is 1. The minimum atomic E-state index is -0.507. The van der Waals surface area contributed by atoms with Gasteiger partial charge >= 0.3 is 0 Å². The lowest BCUT2D eigenvalue weighted by atomic mass is 10.2. The number of carbonyl (C=O) groups is 1. The SMILES string of the molecule is COc1cc(F)cc(NC(=O)c2cnccc2Cl)c1. The maximum absolute atomic E-state index is 13.3. The number of amides is 1. The second-order valence-electron chi connectivity index (χ2n) is 3.69. The minimum absolute atomic E-state index is 0.215. The lowest BCUT2D eigenvalue weighted by Gasteiger charge is -2.08. The fraction of sp³-hybridized carbons (Fsp3) is 0.0769. The van der Waals surface area contributed by atoms with Crippen LogP contribution in [0.4, 0.5) is 10.1 Å². The number of halogens is 2. The average molecular weight is 281 g/mol. The minimum Gasteiger partial charge on any atom is -0.497 e. The Morgan fingerprint density at radius 2 is 2.21 bits per heavy atom. The van der Waals surface area contributed by atoms with Crippen molar-refractivity contribution in [2.45, 2.75) is 0 Å². The molecule has 0 fully saturated rings. The van der Waals surface area contributed by atoms with Crippen LogP contribution in [0.2, 0.25) is 5.02 Å². The zero-order valence-electron chi connectivity index (χ0n) is 9.98. The lowest BCUT2D eigenvalue weighted by molar-refractivity contribution is 0.102. The topological polar surface area (TPSA) is 51.2 Å². The van der Waals surface area contributed by atoms with Gasteiger partial charge in [-0.1, -0.05) is 11.6 Å². The lowest BCUT2D eigenvalue weighted by Crippen LogP contribution is -2.13. The first kappa shape index (κ1) is 13.3. The van der Waals surface area contributed by atoms with Crippen LogP contribution in [-0.2, 0) is 0 Å². The molecule has 0 aliphatic heterocycles. The number of pyridine rings is 1. The fourth-order valence-corrected chi connectivity index (χ4v) is 1.69. The molecule has 2 rings (SSSR count). The third kappa shape index (κ3) is 3.20. The van der Waals surface area contributed by atoms with Crippen LogP contribution in [0, 0.1) is 5.82 Å². The van der Waals surface area contributed by atoms with Gasteiger partial charge in [0.25, 0.3) is 5.91 Å². The Bertz CT molecular complexity index is 619. The molecule has 0 unspecified atom stereocenters. The van der Waals surface area contributed by atoms with Crippen molar-refractivity contribution in [3.63, 3.8) is 0 Å². The van der Waals surface area contributed by atoms with Crippen molar-refractivity contribution in [2.24, 2.45) is 0 Å². The highest BCUT2D eigenvalue weighted by Gasteiger charge is 2.11. The molecule has 98 valence electrons. The van der Waals surface area contributed by atoms with E-state index in [1.165, 1.54) is 43.8 Å². The molecule has 0 saturated heterocycles. The summed E-state index contributed by atoms with van der Waals surface area (Å²) in [6, 6.07) is 5.41. The summed E-state index contributed by atoms with van der Waals surface area (Å²) in [7, 11) is 1.42. The number of methoxy groups -OCH3 is 1. The third-order valence-corrected chi connectivity index (χ3v) is 2.71. The number of ether oxygens (including phenoxy) is 1. The number of hydrogen-bond acceptors (Lipinski definition) is 3. The molecule has 0 bridgehead atoms. The van der Waals surface area contributed by atoms with Gasteiger partial charge < -0.3 is 10.1 Å². The number of nitrogens with one attached hydrogen (secondary N) is 1. The molecule has 0 radical (unpaired) electrons. The van der Waals surface area contributed by atoms with E-state index in [9.17, 15) is 9.18 Å². The number of hydrogen-bond donors (Lipinski definition) is 1. The second kappa shape index (κ2) is 5.67. The molecule has 1 N–H and O–H groups in total. The Morgan fingerprint density at radius 1 is 1.42 bits per heavy atom. The van der Waals surface area contributed by atoms with Crippen LogP contribution < -0.4 is 10.1 Å². The van der Waals surface area contributed by atoms with Crippen LogP contribution in [0.3, 0.4) is 0 Å². The standard InChI is InChI=1S/C13H10ClFN2O2/c1-19-10-5-8(15)4-9(6-10)17-13(18)11-7-16-3-2-12(11)14/h2-7H,1H3,(H,17,18). The number of aromatic nitrogens is 1. The van der Waals surface area contributed by atoms with Gasteiger partial charge in [-0.3, -0.25) is 9.78 Å². The Kier molecular flexibility index (Phi) is 3.97. The largest absolute Gasteiger partial charge is 0.497 e. The van der Waals surface area contributed by atoms with E-state index in [1.807, 2.05) is 0 Å². The van der Waals surface area contributed by atoms with Gasteiger partial charge in [-0.05, 0) is 12.1 Å². The van der Waals surface area contributed by atoms with E-state index in [1.54, 1.807) is 0 Å². The first-order chi connectivity index (χ1) is 9.10. The van der Waals surface area contributed by atoms with Crippen molar-refractivity contribution < 1.29 is 13.9 Å². The number of nitrogens with zero attached hydrogens (tertiary/aromatic N) is 1. The fourth-order valence-electron chi connectivity index (χ4n) is 1.50. The van der Waals surface area contributed by atoms with Crippen LogP contribution >= 0.6 is 11.6 Å². The van der Waals surface area contributed by atoms with Crippen LogP contribution in [0.15, 0.2) is 36.7 Å². The van der Waals surface area contributed by atoms with Crippen molar-refractivity contribution >= 4 is 23.2 Å². The summed E-state index contributed by atoms with van der Waals surface area (Å²) in [6.07, 6.45) is 2.82. The molecule has 0 saturated carbocycles. The van der Waals surface area contributed by atoms with E-state index in [-0.39, 0.29) is 16.3 Å². The third-order valence-electron chi connectivity index (χ3n) is 2.38. The van der Waals surface area contributed by atoms with E-state index in [0.717, 1.165) is 0 Å². The quantitative estimate of drug-likeness (QED) is 0.940. The Balaban J connectivity index is 2.24. The molecule has 6 heteroatoms. The molecule has 0 atom stereocenters. The molecule has 1 heterocycles. The van der Waals surface area contributed by atoms with Gasteiger partial charge in [0.15, 0.2) is 0 Å². The highest BCUT2D eigenvalue weighted by molar-refractivity contribution is 6.34. The number of benzene rings is 1. The Labute approximate surface area is 114 Å². The van der Waals surface area contributed by atoms with Crippen molar-refractivity contribution in [1.29, 1.82) is 0 Å². The van der Waals surface area contributed by atoms with Crippen molar-refractivity contribution in [3.8, 4) is 5.75 Å². The molecule has 1 aromatic carbocycles. The van der Waals surface area contributed by atoms with Crippen LogP contribution in [0.5, 0.6) is 5.75 Å². The monoisotopic (exact) mass is 280 g/mol. The molecule has 0 aliphatic carbocycles. The van der Waals surface area contributed by atoms with Crippen molar-refractivity contribution in [2.75, 3.05) is 12.4 Å². The molecule has 1 aromatic heterocycles. The summed E-state index contributed by atoms with van der Waals surface area (Å²) in [6.45, 7) is 0. The first-order valence-corrected chi connectivity index (χ1v) is 5.73. The predicted octanol–water partition coefficient (Wildman–Crippen LogP) is 3.14. The Morgan fingerprint density at radius 3 is 2.89 bits per heavy atom. The number of rotatable bonds is 3. The maximum atomic E-state index is 13.3. The summed E-state index contributed by atoms with van der Waals surface area (Å²) < 4.78 is 18.2. The normalized spacial score (nSPS) is 10.1. The van der Waals surface area contributed by atoms with Gasteiger partial charge in [0, 0.05) is 30.2 Å². The van der Waals surface area contributed by atoms with Gasteiger partial charge in [0.2, 0.25) is 0 Å². The molecule has 2 aromatic rings. The summed E-state index contributed by atoms with van der Waals surface area (Å²) in [5, 5.41) is 2.81. The Hall–Kier alpha value is -2.14. The van der Waals surface area contributed by atoms with E-state index in [0.29, 0.717) is 5.75 Å². The average Bonchev–Trinajstić information content (AvgIpc) is 2.38. The van der Waals surface area contributed by atoms with Crippen LogP contribution in [0.25, 0.3) is 0 Å². The smallest absolute Gasteiger partial charge is 0.258 e. The van der Waals surface area contributed by atoms with E-state index >= 15 is 0 Å². The zero-order valence-corrected chi connectivity index (χ0v) is 10.7. The van der Waals surface area contributed by atoms with Gasteiger partial charge in [-0.25, -0.2) is 4.39 Å². The van der Waals surface area contributed by atoms with Gasteiger partial charge in [0.1, 0.15) is 11.6 Å². The number of anilines is 1. The molecule has 0 aliphatic rings. The summed E-state index contributed by atoms with van der Waals surface area (Å²) in [5.74, 6) is -0.662. The van der Waals surface area contributed by atoms with Crippen molar-refractivity contribution in [1.82, 2.24) is 4.98 Å². The van der Waals surface area contributed by atoms with Crippen LogP contribution in [-0.4, -0.2) is 18.0 Å². The van der Waals surface area contributed by atoms with Gasteiger partial charge in [0.05, 0.1) is 17.7 Å². The maximum Gasteiger partial charge on any atom is 0.258 e. The predicted molar refractivity (Wildman–Crippen MR) is 70.2 cm³/mol.